The van der Waals surface area contributed by atoms with E-state index in [2.05, 4.69) is 15.0 Å². The number of carbonyl (C=O) groups excluding carboxylic acids is 1. The summed E-state index contributed by atoms with van der Waals surface area (Å²) < 4.78 is 32.8. The van der Waals surface area contributed by atoms with Gasteiger partial charge in [0.2, 0.25) is 0 Å². The molecule has 0 unspecified atom stereocenters. The first-order chi connectivity index (χ1) is 13.8. The Bertz CT molecular complexity index is 1100. The predicted octanol–water partition coefficient (Wildman–Crippen LogP) is 3.52. The normalized spacial score (nSPS) is 11.0. The van der Waals surface area contributed by atoms with E-state index in [-0.39, 0.29) is 23.2 Å². The fraction of sp³-hybridized carbons (Fsp3) is 0.143. The largest absolute Gasteiger partial charge is 0.483 e. The van der Waals surface area contributed by atoms with E-state index in [4.69, 9.17) is 4.74 Å². The van der Waals surface area contributed by atoms with E-state index in [9.17, 15) is 13.2 Å². The Morgan fingerprint density at radius 1 is 1.00 bits per heavy atom. The van der Waals surface area contributed by atoms with E-state index in [1.165, 1.54) is 30.5 Å². The molecule has 1 amide bonds. The highest BCUT2D eigenvalue weighted by Crippen LogP contribution is 2.21. The molecule has 0 bridgehead atoms. The van der Waals surface area contributed by atoms with Crippen molar-refractivity contribution in [3.8, 4) is 5.75 Å². The van der Waals surface area contributed by atoms with Gasteiger partial charge < -0.3 is 10.1 Å². The van der Waals surface area contributed by atoms with Gasteiger partial charge in [-0.05, 0) is 67.4 Å². The molecule has 0 saturated carbocycles. The summed E-state index contributed by atoms with van der Waals surface area (Å²) >= 11 is 0. The number of hydrogen-bond donors (Lipinski definition) is 2. The minimum absolute atomic E-state index is 0.0628. The Kier molecular flexibility index (Phi) is 6.13. The average molecular weight is 411 g/mol. The Labute approximate surface area is 169 Å². The number of carbonyl (C=O) groups is 1. The van der Waals surface area contributed by atoms with Crippen LogP contribution in [0.2, 0.25) is 0 Å². The summed E-state index contributed by atoms with van der Waals surface area (Å²) in [5.41, 5.74) is 2.53. The van der Waals surface area contributed by atoms with Crippen LogP contribution in [0.5, 0.6) is 5.75 Å². The standard InChI is InChI=1S/C21H21N3O4S/c1-15-6-5-7-19(16(15)2)28-14-21(25)23-17-9-11-18(12-10-17)29(26,27)24-20-8-3-4-13-22-20/h3-13H,14H2,1-2H3,(H,22,24)(H,23,25). The number of benzene rings is 2. The maximum absolute atomic E-state index is 12.4. The number of hydrogen-bond acceptors (Lipinski definition) is 5. The molecular weight excluding hydrogens is 390 g/mol. The first-order valence-corrected chi connectivity index (χ1v) is 10.4. The van der Waals surface area contributed by atoms with Crippen LogP contribution in [-0.2, 0) is 14.8 Å². The van der Waals surface area contributed by atoms with Gasteiger partial charge in [0.15, 0.2) is 6.61 Å². The van der Waals surface area contributed by atoms with E-state index < -0.39 is 10.0 Å². The van der Waals surface area contributed by atoms with Crippen molar-refractivity contribution < 1.29 is 17.9 Å². The number of amides is 1. The van der Waals surface area contributed by atoms with Crippen LogP contribution in [0.15, 0.2) is 71.8 Å². The lowest BCUT2D eigenvalue weighted by Crippen LogP contribution is -2.20. The minimum atomic E-state index is -3.76. The summed E-state index contributed by atoms with van der Waals surface area (Å²) in [6.45, 7) is 3.76. The van der Waals surface area contributed by atoms with Crippen molar-refractivity contribution in [2.45, 2.75) is 18.7 Å². The second kappa shape index (κ2) is 8.74. The van der Waals surface area contributed by atoms with Crippen molar-refractivity contribution in [3.63, 3.8) is 0 Å². The summed E-state index contributed by atoms with van der Waals surface area (Å²) in [5, 5.41) is 2.68. The van der Waals surface area contributed by atoms with E-state index >= 15 is 0 Å². The third kappa shape index (κ3) is 5.32. The predicted molar refractivity (Wildman–Crippen MR) is 112 cm³/mol. The van der Waals surface area contributed by atoms with E-state index in [0.29, 0.717) is 11.4 Å². The Hall–Kier alpha value is -3.39. The smallest absolute Gasteiger partial charge is 0.263 e. The van der Waals surface area contributed by atoms with Gasteiger partial charge in [-0.3, -0.25) is 9.52 Å². The van der Waals surface area contributed by atoms with Crippen LogP contribution < -0.4 is 14.8 Å². The molecule has 3 aromatic rings. The second-order valence-corrected chi connectivity index (χ2v) is 8.06. The molecule has 150 valence electrons. The first-order valence-electron chi connectivity index (χ1n) is 8.88. The highest BCUT2D eigenvalue weighted by Gasteiger charge is 2.15. The Morgan fingerprint density at radius 3 is 2.45 bits per heavy atom. The highest BCUT2D eigenvalue weighted by atomic mass is 32.2. The van der Waals surface area contributed by atoms with Gasteiger partial charge in [-0.1, -0.05) is 18.2 Å². The lowest BCUT2D eigenvalue weighted by molar-refractivity contribution is -0.118. The molecule has 0 aliphatic heterocycles. The molecule has 1 heterocycles. The fourth-order valence-electron chi connectivity index (χ4n) is 2.56. The zero-order chi connectivity index (χ0) is 20.9. The van der Waals surface area contributed by atoms with Crippen molar-refractivity contribution in [1.29, 1.82) is 0 Å². The van der Waals surface area contributed by atoms with Crippen molar-refractivity contribution >= 4 is 27.4 Å². The third-order valence-corrected chi connectivity index (χ3v) is 5.64. The second-order valence-electron chi connectivity index (χ2n) is 6.38. The van der Waals surface area contributed by atoms with Gasteiger partial charge in [0.25, 0.3) is 15.9 Å². The van der Waals surface area contributed by atoms with Crippen molar-refractivity contribution in [1.82, 2.24) is 4.98 Å². The molecule has 0 aliphatic carbocycles. The third-order valence-electron chi connectivity index (χ3n) is 4.27. The summed E-state index contributed by atoms with van der Waals surface area (Å²) in [6.07, 6.45) is 1.50. The van der Waals surface area contributed by atoms with Gasteiger partial charge in [-0.2, -0.15) is 0 Å². The molecule has 0 atom stereocenters. The molecular formula is C21H21N3O4S. The van der Waals surface area contributed by atoms with Gasteiger partial charge >= 0.3 is 0 Å². The quantitative estimate of drug-likeness (QED) is 0.620. The first kappa shape index (κ1) is 20.3. The molecule has 0 saturated heterocycles. The molecule has 7 nitrogen and oxygen atoms in total. The summed E-state index contributed by atoms with van der Waals surface area (Å²) in [4.78, 5) is 16.1. The number of nitrogens with one attached hydrogen (secondary N) is 2. The molecule has 1 aromatic heterocycles. The van der Waals surface area contributed by atoms with Gasteiger partial charge in [-0.15, -0.1) is 0 Å². The number of sulfonamides is 1. The number of aromatic nitrogens is 1. The van der Waals surface area contributed by atoms with Crippen molar-refractivity contribution in [2.24, 2.45) is 0 Å². The monoisotopic (exact) mass is 411 g/mol. The maximum atomic E-state index is 12.4. The highest BCUT2D eigenvalue weighted by molar-refractivity contribution is 7.92. The van der Waals surface area contributed by atoms with Gasteiger partial charge in [0.1, 0.15) is 11.6 Å². The molecule has 0 fully saturated rings. The molecule has 0 radical (unpaired) electrons. The molecule has 3 rings (SSSR count). The van der Waals surface area contributed by atoms with Crippen LogP contribution in [0.4, 0.5) is 11.5 Å². The van der Waals surface area contributed by atoms with Crippen LogP contribution in [-0.4, -0.2) is 25.9 Å². The van der Waals surface area contributed by atoms with Crippen LogP contribution in [0.1, 0.15) is 11.1 Å². The molecule has 29 heavy (non-hydrogen) atoms. The summed E-state index contributed by atoms with van der Waals surface area (Å²) in [7, 11) is -3.76. The Balaban J connectivity index is 1.60. The van der Waals surface area contributed by atoms with Crippen LogP contribution >= 0.6 is 0 Å². The number of pyridine rings is 1. The van der Waals surface area contributed by atoms with Crippen molar-refractivity contribution in [3.05, 3.63) is 78.0 Å². The van der Waals surface area contributed by atoms with Crippen LogP contribution in [0.3, 0.4) is 0 Å². The molecule has 2 aromatic carbocycles. The number of ether oxygens (including phenoxy) is 1. The summed E-state index contributed by atoms with van der Waals surface area (Å²) in [6, 6.07) is 16.4. The minimum Gasteiger partial charge on any atom is -0.483 e. The lowest BCUT2D eigenvalue weighted by Gasteiger charge is -2.11. The molecule has 2 N–H and O–H groups in total. The lowest BCUT2D eigenvalue weighted by atomic mass is 10.1. The van der Waals surface area contributed by atoms with Crippen molar-refractivity contribution in [2.75, 3.05) is 16.6 Å². The zero-order valence-corrected chi connectivity index (χ0v) is 16.9. The average Bonchev–Trinajstić information content (AvgIpc) is 2.70. The SMILES string of the molecule is Cc1cccc(OCC(=O)Nc2ccc(S(=O)(=O)Nc3ccccn3)cc2)c1C. The number of aryl methyl sites for hydroxylation is 1. The fourth-order valence-corrected chi connectivity index (χ4v) is 3.57. The molecule has 0 spiro atoms. The maximum Gasteiger partial charge on any atom is 0.263 e. The topological polar surface area (TPSA) is 97.4 Å². The van der Waals surface area contributed by atoms with Crippen LogP contribution in [0, 0.1) is 13.8 Å². The molecule has 0 aliphatic rings. The molecule has 8 heteroatoms. The number of anilines is 2. The Morgan fingerprint density at radius 2 is 1.76 bits per heavy atom. The van der Waals surface area contributed by atoms with Crippen LogP contribution in [0.25, 0.3) is 0 Å². The van der Waals surface area contributed by atoms with Gasteiger partial charge in [0, 0.05) is 11.9 Å². The number of nitrogens with zero attached hydrogens (tertiary/aromatic N) is 1. The zero-order valence-electron chi connectivity index (χ0n) is 16.0. The van der Waals surface area contributed by atoms with E-state index in [1.807, 2.05) is 32.0 Å². The van der Waals surface area contributed by atoms with Gasteiger partial charge in [-0.25, -0.2) is 13.4 Å². The van der Waals surface area contributed by atoms with E-state index in [0.717, 1.165) is 11.1 Å². The summed E-state index contributed by atoms with van der Waals surface area (Å²) in [5.74, 6) is 0.545. The van der Waals surface area contributed by atoms with Gasteiger partial charge in [0.05, 0.1) is 4.90 Å². The number of rotatable bonds is 7. The van der Waals surface area contributed by atoms with E-state index in [1.54, 1.807) is 18.2 Å².